The van der Waals surface area contributed by atoms with Gasteiger partial charge in [0.1, 0.15) is 0 Å². The normalized spacial score (nSPS) is 10.2. The van der Waals surface area contributed by atoms with Gasteiger partial charge in [0, 0.05) is 26.3 Å². The minimum absolute atomic E-state index is 0.0678. The van der Waals surface area contributed by atoms with Crippen molar-refractivity contribution < 1.29 is 4.79 Å². The van der Waals surface area contributed by atoms with Crippen molar-refractivity contribution in [3.05, 3.63) is 17.7 Å². The molecule has 0 unspecified atom stereocenters. The molecule has 0 bridgehead atoms. The van der Waals surface area contributed by atoms with E-state index in [1.54, 1.807) is 25.3 Å². The molecule has 0 saturated carbocycles. The predicted octanol–water partition coefficient (Wildman–Crippen LogP) is -0.104. The van der Waals surface area contributed by atoms with E-state index in [2.05, 4.69) is 15.3 Å². The van der Waals surface area contributed by atoms with Gasteiger partial charge in [0.15, 0.2) is 0 Å². The summed E-state index contributed by atoms with van der Waals surface area (Å²) in [5.41, 5.74) is 1.99. The Morgan fingerprint density at radius 1 is 1.64 bits per heavy atom. The second-order valence-corrected chi connectivity index (χ2v) is 3.37. The highest BCUT2D eigenvalue weighted by molar-refractivity contribution is 5.77. The Hall–Kier alpha value is -1.36. The van der Waals surface area contributed by atoms with E-state index < -0.39 is 0 Å². The summed E-state index contributed by atoms with van der Waals surface area (Å²) in [7, 11) is 3.48. The number of carbonyl (C=O) groups excluding carboxylic acids is 1. The van der Waals surface area contributed by atoms with E-state index in [0.717, 1.165) is 11.4 Å². The molecule has 0 fully saturated rings. The van der Waals surface area contributed by atoms with Gasteiger partial charge in [-0.2, -0.15) is 0 Å². The molecule has 1 rings (SSSR count). The summed E-state index contributed by atoms with van der Waals surface area (Å²) in [6.07, 6.45) is 1.65. The summed E-state index contributed by atoms with van der Waals surface area (Å²) in [6.45, 7) is 2.92. The van der Waals surface area contributed by atoms with Crippen molar-refractivity contribution in [3.63, 3.8) is 0 Å². The van der Waals surface area contributed by atoms with Gasteiger partial charge in [0.05, 0.1) is 18.6 Å². The Bertz CT molecular complexity index is 306. The Balaban J connectivity index is 2.29. The fraction of sp³-hybridized carbons (Fsp3) is 0.556. The monoisotopic (exact) mass is 196 g/mol. The number of imidazole rings is 1. The molecule has 1 aromatic heterocycles. The van der Waals surface area contributed by atoms with E-state index in [-0.39, 0.29) is 5.91 Å². The van der Waals surface area contributed by atoms with Crippen LogP contribution in [-0.4, -0.2) is 41.4 Å². The maximum Gasteiger partial charge on any atom is 0.236 e. The van der Waals surface area contributed by atoms with Gasteiger partial charge in [-0.15, -0.1) is 0 Å². The molecule has 78 valence electrons. The lowest BCUT2D eigenvalue weighted by Crippen LogP contribution is -2.32. The number of nitrogens with one attached hydrogen (secondary N) is 2. The van der Waals surface area contributed by atoms with Crippen LogP contribution in [-0.2, 0) is 11.3 Å². The minimum atomic E-state index is 0.0678. The van der Waals surface area contributed by atoms with E-state index in [9.17, 15) is 4.79 Å². The Morgan fingerprint density at radius 3 is 2.86 bits per heavy atom. The quantitative estimate of drug-likeness (QED) is 0.706. The minimum Gasteiger partial charge on any atom is -0.348 e. The summed E-state index contributed by atoms with van der Waals surface area (Å²) in [5, 5.41) is 3.04. The number of amides is 1. The third-order valence-corrected chi connectivity index (χ3v) is 2.00. The first-order valence-corrected chi connectivity index (χ1v) is 4.51. The number of carbonyl (C=O) groups is 1. The molecule has 0 spiro atoms. The number of likely N-dealkylation sites (N-methyl/N-ethyl adjacent to an activating group) is 1. The van der Waals surface area contributed by atoms with Crippen LogP contribution in [0.2, 0.25) is 0 Å². The molecule has 1 amide bonds. The van der Waals surface area contributed by atoms with Crippen molar-refractivity contribution in [1.82, 2.24) is 20.2 Å². The van der Waals surface area contributed by atoms with E-state index in [1.165, 1.54) is 0 Å². The Labute approximate surface area is 83.5 Å². The van der Waals surface area contributed by atoms with Gasteiger partial charge < -0.3 is 15.2 Å². The summed E-state index contributed by atoms with van der Waals surface area (Å²) in [5.74, 6) is 0.0678. The van der Waals surface area contributed by atoms with Crippen LogP contribution in [0.5, 0.6) is 0 Å². The van der Waals surface area contributed by atoms with Gasteiger partial charge in [-0.05, 0) is 6.92 Å². The number of nitrogens with zero attached hydrogens (tertiary/aromatic N) is 2. The standard InChI is InChI=1S/C9H16N4O/c1-7-8(12-6-11-7)4-10-5-9(14)13(2)3/h6,10H,4-5H2,1-3H3,(H,11,12). The molecule has 1 aromatic rings. The molecular weight excluding hydrogens is 180 g/mol. The van der Waals surface area contributed by atoms with Gasteiger partial charge >= 0.3 is 0 Å². The van der Waals surface area contributed by atoms with Crippen LogP contribution >= 0.6 is 0 Å². The lowest BCUT2D eigenvalue weighted by molar-refractivity contribution is -0.127. The average Bonchev–Trinajstić information content (AvgIpc) is 2.51. The van der Waals surface area contributed by atoms with E-state index >= 15 is 0 Å². The Morgan fingerprint density at radius 2 is 2.36 bits per heavy atom. The zero-order valence-electron chi connectivity index (χ0n) is 8.79. The lowest BCUT2D eigenvalue weighted by Gasteiger charge is -2.10. The van der Waals surface area contributed by atoms with Crippen LogP contribution in [0.15, 0.2) is 6.33 Å². The first kappa shape index (κ1) is 10.7. The highest BCUT2D eigenvalue weighted by Crippen LogP contribution is 1.98. The van der Waals surface area contributed by atoms with Crippen LogP contribution < -0.4 is 5.32 Å². The highest BCUT2D eigenvalue weighted by Gasteiger charge is 2.04. The number of aromatic amines is 1. The number of aryl methyl sites for hydroxylation is 1. The molecule has 5 nitrogen and oxygen atoms in total. The van der Waals surface area contributed by atoms with E-state index in [1.807, 2.05) is 6.92 Å². The topological polar surface area (TPSA) is 61.0 Å². The maximum absolute atomic E-state index is 11.2. The van der Waals surface area contributed by atoms with Crippen LogP contribution in [0.3, 0.4) is 0 Å². The van der Waals surface area contributed by atoms with Gasteiger partial charge in [0.25, 0.3) is 0 Å². The van der Waals surface area contributed by atoms with E-state index in [0.29, 0.717) is 13.1 Å². The van der Waals surface area contributed by atoms with Crippen molar-refractivity contribution in [3.8, 4) is 0 Å². The molecule has 1 heterocycles. The molecule has 5 heteroatoms. The number of hydrogen-bond donors (Lipinski definition) is 2. The molecular formula is C9H16N4O. The average molecular weight is 196 g/mol. The smallest absolute Gasteiger partial charge is 0.236 e. The lowest BCUT2D eigenvalue weighted by atomic mass is 10.3. The fourth-order valence-electron chi connectivity index (χ4n) is 1.01. The summed E-state index contributed by atoms with van der Waals surface area (Å²) in [6, 6.07) is 0. The van der Waals surface area contributed by atoms with Crippen molar-refractivity contribution in [1.29, 1.82) is 0 Å². The Kier molecular flexibility index (Phi) is 3.64. The zero-order valence-corrected chi connectivity index (χ0v) is 8.79. The van der Waals surface area contributed by atoms with Crippen molar-refractivity contribution in [2.24, 2.45) is 0 Å². The summed E-state index contributed by atoms with van der Waals surface area (Å²) in [4.78, 5) is 19.8. The molecule has 0 aliphatic heterocycles. The molecule has 0 aromatic carbocycles. The summed E-state index contributed by atoms with van der Waals surface area (Å²) >= 11 is 0. The zero-order chi connectivity index (χ0) is 10.6. The second-order valence-electron chi connectivity index (χ2n) is 3.37. The number of H-pyrrole nitrogens is 1. The third kappa shape index (κ3) is 2.85. The number of rotatable bonds is 4. The molecule has 0 aliphatic rings. The predicted molar refractivity (Wildman–Crippen MR) is 53.7 cm³/mol. The third-order valence-electron chi connectivity index (χ3n) is 2.00. The fourth-order valence-corrected chi connectivity index (χ4v) is 1.01. The number of aromatic nitrogens is 2. The molecule has 0 saturated heterocycles. The number of hydrogen-bond acceptors (Lipinski definition) is 3. The van der Waals surface area contributed by atoms with Crippen LogP contribution in [0.25, 0.3) is 0 Å². The van der Waals surface area contributed by atoms with Gasteiger partial charge in [-0.25, -0.2) is 4.98 Å². The second kappa shape index (κ2) is 4.76. The van der Waals surface area contributed by atoms with E-state index in [4.69, 9.17) is 0 Å². The largest absolute Gasteiger partial charge is 0.348 e. The first-order valence-electron chi connectivity index (χ1n) is 4.51. The van der Waals surface area contributed by atoms with Crippen molar-refractivity contribution in [2.45, 2.75) is 13.5 Å². The maximum atomic E-state index is 11.2. The van der Waals surface area contributed by atoms with Crippen molar-refractivity contribution in [2.75, 3.05) is 20.6 Å². The molecule has 0 radical (unpaired) electrons. The SMILES string of the molecule is Cc1[nH]cnc1CNCC(=O)N(C)C. The van der Waals surface area contributed by atoms with Crippen LogP contribution in [0.4, 0.5) is 0 Å². The van der Waals surface area contributed by atoms with Gasteiger partial charge in [0.2, 0.25) is 5.91 Å². The van der Waals surface area contributed by atoms with Crippen molar-refractivity contribution >= 4 is 5.91 Å². The summed E-state index contributed by atoms with van der Waals surface area (Å²) < 4.78 is 0. The molecule has 2 N–H and O–H groups in total. The first-order chi connectivity index (χ1) is 6.61. The van der Waals surface area contributed by atoms with Gasteiger partial charge in [-0.3, -0.25) is 4.79 Å². The van der Waals surface area contributed by atoms with Crippen LogP contribution in [0, 0.1) is 6.92 Å². The van der Waals surface area contributed by atoms with Crippen LogP contribution in [0.1, 0.15) is 11.4 Å². The molecule has 0 aliphatic carbocycles. The molecule has 14 heavy (non-hydrogen) atoms. The van der Waals surface area contributed by atoms with Gasteiger partial charge in [-0.1, -0.05) is 0 Å². The molecule has 0 atom stereocenters. The highest BCUT2D eigenvalue weighted by atomic mass is 16.2.